The number of amides is 1. The molecule has 0 unspecified atom stereocenters. The van der Waals surface area contributed by atoms with Crippen LogP contribution in [0.2, 0.25) is 0 Å². The summed E-state index contributed by atoms with van der Waals surface area (Å²) < 4.78 is 23.4. The highest BCUT2D eigenvalue weighted by atomic mass is 32.2. The Kier molecular flexibility index (Phi) is 4.07. The molecule has 5 nitrogen and oxygen atoms in total. The lowest BCUT2D eigenvalue weighted by molar-refractivity contribution is 0.102. The normalized spacial score (nSPS) is 11.4. The fraction of sp³-hybridized carbons (Fsp3) is 0.111. The second kappa shape index (κ2) is 6.05. The molecule has 2 aromatic carbocycles. The molecule has 0 fully saturated rings. The summed E-state index contributed by atoms with van der Waals surface area (Å²) in [6, 6.07) is 13.8. The third-order valence-corrected chi connectivity index (χ3v) is 4.87. The molecule has 0 radical (unpaired) electrons. The van der Waals surface area contributed by atoms with Crippen LogP contribution in [-0.2, 0) is 9.84 Å². The molecule has 1 heterocycles. The number of pyridine rings is 1. The zero-order chi connectivity index (χ0) is 17.3. The number of benzene rings is 2. The summed E-state index contributed by atoms with van der Waals surface area (Å²) in [7, 11) is -3.38. The highest BCUT2D eigenvalue weighted by molar-refractivity contribution is 7.90. The van der Waals surface area contributed by atoms with Gasteiger partial charge in [0.1, 0.15) is 0 Å². The van der Waals surface area contributed by atoms with Gasteiger partial charge in [0, 0.05) is 23.4 Å². The van der Waals surface area contributed by atoms with Crippen molar-refractivity contribution in [1.82, 2.24) is 4.98 Å². The van der Waals surface area contributed by atoms with Gasteiger partial charge in [0.05, 0.1) is 16.1 Å². The lowest BCUT2D eigenvalue weighted by atomic mass is 10.1. The van der Waals surface area contributed by atoms with Crippen molar-refractivity contribution >= 4 is 32.3 Å². The van der Waals surface area contributed by atoms with Gasteiger partial charge in [0.15, 0.2) is 9.84 Å². The predicted molar refractivity (Wildman–Crippen MR) is 94.0 cm³/mol. The summed E-state index contributed by atoms with van der Waals surface area (Å²) in [5, 5.41) is 3.74. The number of rotatable bonds is 3. The van der Waals surface area contributed by atoms with E-state index in [0.717, 1.165) is 11.6 Å². The Morgan fingerprint density at radius 3 is 2.58 bits per heavy atom. The monoisotopic (exact) mass is 340 g/mol. The smallest absolute Gasteiger partial charge is 0.256 e. The third-order valence-electron chi connectivity index (χ3n) is 3.76. The summed E-state index contributed by atoms with van der Waals surface area (Å²) in [5.74, 6) is -0.365. The molecule has 3 aromatic rings. The van der Waals surface area contributed by atoms with Crippen LogP contribution in [0.3, 0.4) is 0 Å². The molecule has 0 spiro atoms. The Morgan fingerprint density at radius 1 is 1.08 bits per heavy atom. The minimum Gasteiger partial charge on any atom is -0.320 e. The fourth-order valence-electron chi connectivity index (χ4n) is 2.47. The van der Waals surface area contributed by atoms with Crippen molar-refractivity contribution in [2.45, 2.75) is 11.8 Å². The molecule has 0 aliphatic carbocycles. The lowest BCUT2D eigenvalue weighted by Crippen LogP contribution is -2.14. The molecule has 1 N–H and O–H groups in total. The first-order chi connectivity index (χ1) is 11.4. The average Bonchev–Trinajstić information content (AvgIpc) is 2.54. The number of fused-ring (bicyclic) bond motifs is 1. The van der Waals surface area contributed by atoms with Crippen molar-refractivity contribution in [2.24, 2.45) is 0 Å². The number of anilines is 1. The van der Waals surface area contributed by atoms with Crippen molar-refractivity contribution < 1.29 is 13.2 Å². The van der Waals surface area contributed by atoms with Crippen LogP contribution in [0, 0.1) is 6.92 Å². The molecule has 1 amide bonds. The number of nitrogens with one attached hydrogen (secondary N) is 1. The summed E-state index contributed by atoms with van der Waals surface area (Å²) in [4.78, 5) is 17.0. The molecular weight excluding hydrogens is 324 g/mol. The highest BCUT2D eigenvalue weighted by Gasteiger charge is 2.15. The topological polar surface area (TPSA) is 76.1 Å². The number of para-hydroxylation sites is 1. The molecule has 0 saturated carbocycles. The number of nitrogens with zero attached hydrogens (tertiary/aromatic N) is 1. The van der Waals surface area contributed by atoms with Crippen molar-refractivity contribution in [2.75, 3.05) is 11.6 Å². The van der Waals surface area contributed by atoms with Gasteiger partial charge in [-0.05, 0) is 36.8 Å². The van der Waals surface area contributed by atoms with Gasteiger partial charge in [-0.2, -0.15) is 0 Å². The van der Waals surface area contributed by atoms with Crippen LogP contribution < -0.4 is 5.32 Å². The number of carbonyl (C=O) groups excluding carboxylic acids is 1. The minimum absolute atomic E-state index is 0.120. The number of aryl methyl sites for hydroxylation is 1. The lowest BCUT2D eigenvalue weighted by Gasteiger charge is -2.11. The average molecular weight is 340 g/mol. The summed E-state index contributed by atoms with van der Waals surface area (Å²) in [6.07, 6.45) is 2.78. The minimum atomic E-state index is -3.38. The SMILES string of the molecule is Cc1ccc(S(C)(=O)=O)cc1C(=O)Nc1cccc2cccnc12. The molecule has 0 saturated heterocycles. The maximum Gasteiger partial charge on any atom is 0.256 e. The Morgan fingerprint density at radius 2 is 1.83 bits per heavy atom. The summed E-state index contributed by atoms with van der Waals surface area (Å²) >= 11 is 0. The molecule has 0 aliphatic rings. The molecule has 3 rings (SSSR count). The number of aromatic nitrogens is 1. The molecule has 0 aliphatic heterocycles. The second-order valence-corrected chi connectivity index (χ2v) is 7.60. The number of carbonyl (C=O) groups is 1. The van der Waals surface area contributed by atoms with Gasteiger partial charge in [-0.1, -0.05) is 24.3 Å². The van der Waals surface area contributed by atoms with Gasteiger partial charge < -0.3 is 5.32 Å². The third kappa shape index (κ3) is 3.14. The van der Waals surface area contributed by atoms with E-state index < -0.39 is 9.84 Å². The van der Waals surface area contributed by atoms with E-state index in [4.69, 9.17) is 0 Å². The molecule has 122 valence electrons. The van der Waals surface area contributed by atoms with E-state index in [1.54, 1.807) is 25.3 Å². The Hall–Kier alpha value is -2.73. The maximum absolute atomic E-state index is 12.6. The van der Waals surface area contributed by atoms with E-state index in [2.05, 4.69) is 10.3 Å². The number of sulfone groups is 1. The van der Waals surface area contributed by atoms with Crippen LogP contribution in [0.1, 0.15) is 15.9 Å². The maximum atomic E-state index is 12.6. The van der Waals surface area contributed by atoms with E-state index in [-0.39, 0.29) is 10.8 Å². The van der Waals surface area contributed by atoms with Crippen LogP contribution >= 0.6 is 0 Å². The Labute approximate surface area is 140 Å². The van der Waals surface area contributed by atoms with Gasteiger partial charge in [-0.25, -0.2) is 8.42 Å². The van der Waals surface area contributed by atoms with Crippen molar-refractivity contribution in [3.63, 3.8) is 0 Å². The molecule has 6 heteroatoms. The van der Waals surface area contributed by atoms with Crippen LogP contribution in [0.25, 0.3) is 10.9 Å². The molecule has 1 aromatic heterocycles. The first kappa shape index (κ1) is 16.1. The largest absolute Gasteiger partial charge is 0.320 e. The fourth-order valence-corrected chi connectivity index (χ4v) is 3.12. The number of hydrogen-bond donors (Lipinski definition) is 1. The second-order valence-electron chi connectivity index (χ2n) is 5.58. The zero-order valence-electron chi connectivity index (χ0n) is 13.3. The van der Waals surface area contributed by atoms with E-state index >= 15 is 0 Å². The van der Waals surface area contributed by atoms with Gasteiger partial charge >= 0.3 is 0 Å². The van der Waals surface area contributed by atoms with Crippen molar-refractivity contribution in [3.05, 3.63) is 65.9 Å². The first-order valence-corrected chi connectivity index (χ1v) is 9.21. The quantitative estimate of drug-likeness (QED) is 0.794. The Bertz CT molecular complexity index is 1040. The number of hydrogen-bond acceptors (Lipinski definition) is 4. The standard InChI is InChI=1S/C18H16N2O3S/c1-12-8-9-14(24(2,22)23)11-15(12)18(21)20-16-7-3-5-13-6-4-10-19-17(13)16/h3-11H,1-2H3,(H,20,21). The molecule has 24 heavy (non-hydrogen) atoms. The van der Waals surface area contributed by atoms with Gasteiger partial charge in [-0.3, -0.25) is 9.78 Å². The van der Waals surface area contributed by atoms with Crippen molar-refractivity contribution in [3.8, 4) is 0 Å². The van der Waals surface area contributed by atoms with E-state index in [9.17, 15) is 13.2 Å². The molecule has 0 bridgehead atoms. The van der Waals surface area contributed by atoms with Crippen LogP contribution in [0.15, 0.2) is 59.6 Å². The van der Waals surface area contributed by atoms with E-state index in [1.165, 1.54) is 12.1 Å². The summed E-state index contributed by atoms with van der Waals surface area (Å²) in [5.41, 5.74) is 2.30. The van der Waals surface area contributed by atoms with E-state index in [0.29, 0.717) is 22.3 Å². The van der Waals surface area contributed by atoms with Crippen LogP contribution in [-0.4, -0.2) is 25.6 Å². The first-order valence-electron chi connectivity index (χ1n) is 7.32. The highest BCUT2D eigenvalue weighted by Crippen LogP contribution is 2.22. The summed E-state index contributed by atoms with van der Waals surface area (Å²) in [6.45, 7) is 1.77. The van der Waals surface area contributed by atoms with Gasteiger partial charge in [0.2, 0.25) is 0 Å². The zero-order valence-corrected chi connectivity index (χ0v) is 14.1. The molecular formula is C18H16N2O3S. The van der Waals surface area contributed by atoms with E-state index in [1.807, 2.05) is 24.3 Å². The predicted octanol–water partition coefficient (Wildman–Crippen LogP) is 3.20. The van der Waals surface area contributed by atoms with Crippen molar-refractivity contribution in [1.29, 1.82) is 0 Å². The Balaban J connectivity index is 2.01. The van der Waals surface area contributed by atoms with Crippen LogP contribution in [0.4, 0.5) is 5.69 Å². The van der Waals surface area contributed by atoms with Gasteiger partial charge in [-0.15, -0.1) is 0 Å². The van der Waals surface area contributed by atoms with Crippen LogP contribution in [0.5, 0.6) is 0 Å². The van der Waals surface area contributed by atoms with Gasteiger partial charge in [0.25, 0.3) is 5.91 Å². The molecule has 0 atom stereocenters.